The van der Waals surface area contributed by atoms with Crippen molar-refractivity contribution in [2.24, 2.45) is 0 Å². The summed E-state index contributed by atoms with van der Waals surface area (Å²) in [4.78, 5) is 2.40. The number of benzene rings is 8. The second kappa shape index (κ2) is 12.2. The van der Waals surface area contributed by atoms with Crippen molar-refractivity contribution in [2.45, 2.75) is 0 Å². The predicted octanol–water partition coefficient (Wildman–Crippen LogP) is 14.4. The number of thiophene rings is 1. The lowest BCUT2D eigenvalue weighted by Gasteiger charge is -2.30. The Morgan fingerprint density at radius 2 is 1.00 bits per heavy atom. The van der Waals surface area contributed by atoms with Gasteiger partial charge in [0.2, 0.25) is 0 Å². The number of anilines is 3. The van der Waals surface area contributed by atoms with Crippen LogP contribution < -0.4 is 4.90 Å². The van der Waals surface area contributed by atoms with Crippen molar-refractivity contribution in [1.82, 2.24) is 0 Å². The van der Waals surface area contributed by atoms with Gasteiger partial charge in [-0.3, -0.25) is 0 Å². The molecule has 51 heavy (non-hydrogen) atoms. The molecule has 0 amide bonds. The minimum Gasteiger partial charge on any atom is -0.454 e. The highest BCUT2D eigenvalue weighted by Crippen LogP contribution is 2.50. The molecule has 0 aliphatic heterocycles. The third-order valence-electron chi connectivity index (χ3n) is 9.90. The van der Waals surface area contributed by atoms with Crippen molar-refractivity contribution in [2.75, 3.05) is 4.90 Å². The normalized spacial score (nSPS) is 11.5. The first kappa shape index (κ1) is 29.5. The molecule has 10 rings (SSSR count). The number of fused-ring (bicyclic) bond motifs is 6. The Bertz CT molecular complexity index is 2850. The lowest BCUT2D eigenvalue weighted by molar-refractivity contribution is 0.669. The highest BCUT2D eigenvalue weighted by atomic mass is 32.1. The van der Waals surface area contributed by atoms with Crippen molar-refractivity contribution < 1.29 is 4.42 Å². The Kier molecular flexibility index (Phi) is 7.04. The van der Waals surface area contributed by atoms with Gasteiger partial charge < -0.3 is 9.32 Å². The Morgan fingerprint density at radius 1 is 0.392 bits per heavy atom. The average Bonchev–Trinajstić information content (AvgIpc) is 3.78. The summed E-state index contributed by atoms with van der Waals surface area (Å²) in [6.07, 6.45) is 0. The minimum absolute atomic E-state index is 0.861. The molecule has 0 atom stereocenters. The minimum atomic E-state index is 0.861. The van der Waals surface area contributed by atoms with E-state index in [4.69, 9.17) is 4.42 Å². The molecule has 8 aromatic carbocycles. The van der Waals surface area contributed by atoms with Crippen LogP contribution in [0.2, 0.25) is 0 Å². The maximum absolute atomic E-state index is 6.85. The summed E-state index contributed by atoms with van der Waals surface area (Å²) in [5, 5.41) is 4.82. The molecule has 0 aliphatic rings. The fourth-order valence-electron chi connectivity index (χ4n) is 7.53. The average molecular weight is 670 g/mol. The summed E-state index contributed by atoms with van der Waals surface area (Å²) < 4.78 is 9.47. The zero-order valence-electron chi connectivity index (χ0n) is 27.7. The van der Waals surface area contributed by atoms with Crippen LogP contribution in [0.5, 0.6) is 0 Å². The number of hydrogen-bond acceptors (Lipinski definition) is 3. The third-order valence-corrected chi connectivity index (χ3v) is 11.1. The molecule has 10 aromatic rings. The van der Waals surface area contributed by atoms with Crippen LogP contribution in [0.1, 0.15) is 0 Å². The van der Waals surface area contributed by atoms with Crippen LogP contribution in [0.4, 0.5) is 17.1 Å². The van der Waals surface area contributed by atoms with E-state index in [1.54, 1.807) is 0 Å². The SMILES string of the molecule is c1ccc(-c2ccccc2N(c2ccc(-c3cccc4c3sc3ccccc34)cc2)c2c(-c3ccccc3)ccc3c2oc2ccccc23)cc1. The highest BCUT2D eigenvalue weighted by molar-refractivity contribution is 7.26. The standard InChI is InChI=1S/C48H31NOS/c1-3-14-32(15-4-1)36-18-7-10-23-43(36)49(35-28-26-34(27-29-35)38-21-13-22-42-40-20-9-12-25-45(40)51-48(38)42)46-37(33-16-5-2-6-17-33)30-31-41-39-19-8-11-24-44(39)50-47(41)46/h1-31H. The van der Waals surface area contributed by atoms with E-state index in [1.165, 1.54) is 31.3 Å². The number of para-hydroxylation sites is 2. The Morgan fingerprint density at radius 3 is 1.80 bits per heavy atom. The summed E-state index contributed by atoms with van der Waals surface area (Å²) in [6.45, 7) is 0. The van der Waals surface area contributed by atoms with Gasteiger partial charge in [0.25, 0.3) is 0 Å². The number of hydrogen-bond donors (Lipinski definition) is 0. The molecule has 2 nitrogen and oxygen atoms in total. The van der Waals surface area contributed by atoms with Crippen molar-refractivity contribution in [3.8, 4) is 33.4 Å². The zero-order valence-corrected chi connectivity index (χ0v) is 28.5. The van der Waals surface area contributed by atoms with E-state index in [9.17, 15) is 0 Å². The molecule has 0 bridgehead atoms. The first-order valence-corrected chi connectivity index (χ1v) is 18.1. The predicted molar refractivity (Wildman–Crippen MR) is 218 cm³/mol. The van der Waals surface area contributed by atoms with E-state index >= 15 is 0 Å². The smallest absolute Gasteiger partial charge is 0.160 e. The molecule has 3 heteroatoms. The molecule has 0 fully saturated rings. The maximum Gasteiger partial charge on any atom is 0.160 e. The lowest BCUT2D eigenvalue weighted by atomic mass is 9.96. The van der Waals surface area contributed by atoms with Crippen molar-refractivity contribution in [3.05, 3.63) is 188 Å². The van der Waals surface area contributed by atoms with Gasteiger partial charge in [0, 0.05) is 47.8 Å². The molecular formula is C48H31NOS. The number of nitrogens with zero attached hydrogens (tertiary/aromatic N) is 1. The fraction of sp³-hybridized carbons (Fsp3) is 0. The summed E-state index contributed by atoms with van der Waals surface area (Å²) >= 11 is 1.87. The van der Waals surface area contributed by atoms with Gasteiger partial charge in [-0.1, -0.05) is 152 Å². The molecule has 0 saturated carbocycles. The summed E-state index contributed by atoms with van der Waals surface area (Å²) in [7, 11) is 0. The van der Waals surface area contributed by atoms with Crippen molar-refractivity contribution in [1.29, 1.82) is 0 Å². The van der Waals surface area contributed by atoms with Crippen LogP contribution in [0, 0.1) is 0 Å². The Labute approximate surface area is 300 Å². The quantitative estimate of drug-likeness (QED) is 0.175. The van der Waals surface area contributed by atoms with Gasteiger partial charge in [-0.05, 0) is 58.7 Å². The van der Waals surface area contributed by atoms with E-state index in [-0.39, 0.29) is 0 Å². The largest absolute Gasteiger partial charge is 0.454 e. The number of furan rings is 1. The molecule has 0 radical (unpaired) electrons. The molecular weight excluding hydrogens is 639 g/mol. The second-order valence-electron chi connectivity index (χ2n) is 12.8. The lowest BCUT2D eigenvalue weighted by Crippen LogP contribution is -2.13. The molecule has 240 valence electrons. The van der Waals surface area contributed by atoms with Gasteiger partial charge in [0.1, 0.15) is 5.58 Å². The van der Waals surface area contributed by atoms with Gasteiger partial charge >= 0.3 is 0 Å². The Balaban J connectivity index is 1.24. The first-order valence-electron chi connectivity index (χ1n) is 17.3. The van der Waals surface area contributed by atoms with Crippen LogP contribution in [-0.4, -0.2) is 0 Å². The second-order valence-corrected chi connectivity index (χ2v) is 13.9. The summed E-state index contributed by atoms with van der Waals surface area (Å²) in [5.41, 5.74) is 11.9. The van der Waals surface area contributed by atoms with Crippen LogP contribution in [0.15, 0.2) is 192 Å². The van der Waals surface area contributed by atoms with E-state index in [0.717, 1.165) is 61.3 Å². The number of rotatable bonds is 6. The molecule has 0 saturated heterocycles. The molecule has 2 aromatic heterocycles. The van der Waals surface area contributed by atoms with E-state index < -0.39 is 0 Å². The monoisotopic (exact) mass is 669 g/mol. The summed E-state index contributed by atoms with van der Waals surface area (Å²) in [6, 6.07) is 67.3. The van der Waals surface area contributed by atoms with Gasteiger partial charge in [-0.2, -0.15) is 0 Å². The molecule has 0 N–H and O–H groups in total. The van der Waals surface area contributed by atoms with Gasteiger partial charge in [-0.15, -0.1) is 11.3 Å². The van der Waals surface area contributed by atoms with E-state index in [2.05, 4.69) is 187 Å². The van der Waals surface area contributed by atoms with Crippen molar-refractivity contribution >= 4 is 70.5 Å². The van der Waals surface area contributed by atoms with Crippen LogP contribution in [-0.2, 0) is 0 Å². The van der Waals surface area contributed by atoms with Gasteiger partial charge in [0.05, 0.1) is 11.4 Å². The fourth-order valence-corrected chi connectivity index (χ4v) is 8.77. The van der Waals surface area contributed by atoms with E-state index in [1.807, 2.05) is 17.4 Å². The van der Waals surface area contributed by atoms with Crippen molar-refractivity contribution in [3.63, 3.8) is 0 Å². The zero-order chi connectivity index (χ0) is 33.7. The van der Waals surface area contributed by atoms with Crippen LogP contribution in [0.25, 0.3) is 75.5 Å². The summed E-state index contributed by atoms with van der Waals surface area (Å²) in [5.74, 6) is 0. The highest BCUT2D eigenvalue weighted by Gasteiger charge is 2.26. The molecule has 0 aliphatic carbocycles. The van der Waals surface area contributed by atoms with Crippen LogP contribution >= 0.6 is 11.3 Å². The van der Waals surface area contributed by atoms with E-state index in [0.29, 0.717) is 0 Å². The Hall–Kier alpha value is -6.42. The maximum atomic E-state index is 6.85. The molecule has 0 unspecified atom stereocenters. The van der Waals surface area contributed by atoms with Gasteiger partial charge in [-0.25, -0.2) is 0 Å². The third kappa shape index (κ3) is 4.93. The molecule has 0 spiro atoms. The topological polar surface area (TPSA) is 16.4 Å². The van der Waals surface area contributed by atoms with Gasteiger partial charge in [0.15, 0.2) is 5.58 Å². The first-order chi connectivity index (χ1) is 25.3. The molecule has 2 heterocycles. The van der Waals surface area contributed by atoms with Crippen LogP contribution in [0.3, 0.4) is 0 Å².